The van der Waals surface area contributed by atoms with Crippen molar-refractivity contribution in [2.75, 3.05) is 0 Å². The van der Waals surface area contributed by atoms with Crippen LogP contribution in [0.2, 0.25) is 0 Å². The van der Waals surface area contributed by atoms with Gasteiger partial charge in [-0.25, -0.2) is 0 Å². The third-order valence-electron chi connectivity index (χ3n) is 10.9. The Bertz CT molecular complexity index is 3280. The van der Waals surface area contributed by atoms with Gasteiger partial charge >= 0.3 is 0 Å². The molecule has 3 nitrogen and oxygen atoms in total. The highest BCUT2D eigenvalue weighted by Crippen LogP contribution is 2.40. The van der Waals surface area contributed by atoms with Crippen LogP contribution in [0.4, 0.5) is 0 Å². The van der Waals surface area contributed by atoms with E-state index in [4.69, 9.17) is 0 Å². The number of hydrogen-bond acceptors (Lipinski definition) is 1. The second-order valence-corrected chi connectivity index (χ2v) is 13.7. The molecule has 240 valence electrons. The van der Waals surface area contributed by atoms with Gasteiger partial charge in [0.15, 0.2) is 0 Å². The molecule has 11 aromatic rings. The molecular formula is C49H29N3. The monoisotopic (exact) mass is 659 g/mol. The number of nitriles is 1. The lowest BCUT2D eigenvalue weighted by molar-refractivity contribution is 1.18. The lowest BCUT2D eigenvalue weighted by atomic mass is 9.93. The van der Waals surface area contributed by atoms with Crippen LogP contribution in [-0.4, -0.2) is 9.13 Å². The Morgan fingerprint density at radius 2 is 0.750 bits per heavy atom. The lowest BCUT2D eigenvalue weighted by Crippen LogP contribution is -1.95. The predicted octanol–water partition coefficient (Wildman–Crippen LogP) is 12.9. The Morgan fingerprint density at radius 3 is 1.35 bits per heavy atom. The zero-order chi connectivity index (χ0) is 34.3. The molecule has 0 atom stereocenters. The number of nitrogens with zero attached hydrogens (tertiary/aromatic N) is 3. The molecule has 0 saturated heterocycles. The van der Waals surface area contributed by atoms with E-state index in [9.17, 15) is 5.26 Å². The third-order valence-corrected chi connectivity index (χ3v) is 10.9. The Labute approximate surface area is 299 Å². The standard InChI is InChI=1S/C49H29N3/c50-30-31-18-22-38-39-25-21-35(29-45(39)37-13-5-4-12-36(37)44(38)26-31)52-47-17-9-7-15-41(47)43-24-20-33(28-49(43)52)32-19-23-42-40-14-6-8-16-46(40)51(48(42)27-32)34-10-2-1-3-11-34/h1-29H. The van der Waals surface area contributed by atoms with Gasteiger partial charge in [0.05, 0.1) is 33.7 Å². The van der Waals surface area contributed by atoms with Crippen molar-refractivity contribution in [3.8, 4) is 28.6 Å². The first kappa shape index (κ1) is 28.7. The van der Waals surface area contributed by atoms with Crippen molar-refractivity contribution in [2.45, 2.75) is 0 Å². The van der Waals surface area contributed by atoms with Gasteiger partial charge in [-0.1, -0.05) is 115 Å². The van der Waals surface area contributed by atoms with Gasteiger partial charge in [0, 0.05) is 32.9 Å². The molecule has 0 unspecified atom stereocenters. The summed E-state index contributed by atoms with van der Waals surface area (Å²) < 4.78 is 4.80. The first-order valence-corrected chi connectivity index (χ1v) is 17.7. The fraction of sp³-hybridized carbons (Fsp3) is 0. The number of para-hydroxylation sites is 3. The maximum absolute atomic E-state index is 9.67. The molecule has 11 rings (SSSR count). The van der Waals surface area contributed by atoms with Gasteiger partial charge in [0.2, 0.25) is 0 Å². The normalized spacial score (nSPS) is 11.8. The molecule has 52 heavy (non-hydrogen) atoms. The molecule has 2 heterocycles. The number of hydrogen-bond donors (Lipinski definition) is 0. The average Bonchev–Trinajstić information content (AvgIpc) is 3.73. The highest BCUT2D eigenvalue weighted by atomic mass is 15.0. The van der Waals surface area contributed by atoms with Gasteiger partial charge in [0.25, 0.3) is 0 Å². The molecule has 0 saturated carbocycles. The zero-order valence-corrected chi connectivity index (χ0v) is 28.1. The molecule has 3 heteroatoms. The van der Waals surface area contributed by atoms with E-state index in [0.717, 1.165) is 27.5 Å². The fourth-order valence-corrected chi connectivity index (χ4v) is 8.59. The maximum atomic E-state index is 9.67. The summed E-state index contributed by atoms with van der Waals surface area (Å²) in [6.45, 7) is 0. The summed E-state index contributed by atoms with van der Waals surface area (Å²) in [6, 6.07) is 65.7. The molecular weight excluding hydrogens is 631 g/mol. The minimum atomic E-state index is 0.676. The molecule has 0 radical (unpaired) electrons. The zero-order valence-electron chi connectivity index (χ0n) is 28.1. The topological polar surface area (TPSA) is 33.6 Å². The van der Waals surface area contributed by atoms with E-state index in [1.807, 2.05) is 12.1 Å². The van der Waals surface area contributed by atoms with Crippen LogP contribution in [0.1, 0.15) is 5.56 Å². The van der Waals surface area contributed by atoms with Crippen molar-refractivity contribution < 1.29 is 0 Å². The Hall–Kier alpha value is -7.15. The Morgan fingerprint density at radius 1 is 0.308 bits per heavy atom. The molecule has 0 aliphatic carbocycles. The SMILES string of the molecule is N#Cc1ccc2c3ccc(-n4c5ccccc5c5ccc(-c6ccc7c8ccccc8n(-c8ccccc8)c7c6)cc54)cc3c3ccccc3c2c1. The second-order valence-electron chi connectivity index (χ2n) is 13.7. The van der Waals surface area contributed by atoms with Gasteiger partial charge < -0.3 is 9.13 Å². The van der Waals surface area contributed by atoms with Gasteiger partial charge in [-0.3, -0.25) is 0 Å². The predicted molar refractivity (Wildman–Crippen MR) is 218 cm³/mol. The minimum absolute atomic E-state index is 0.676. The van der Waals surface area contributed by atoms with Crippen molar-refractivity contribution in [1.29, 1.82) is 5.26 Å². The van der Waals surface area contributed by atoms with Crippen molar-refractivity contribution in [2.24, 2.45) is 0 Å². The first-order chi connectivity index (χ1) is 25.7. The van der Waals surface area contributed by atoms with Crippen molar-refractivity contribution >= 4 is 75.9 Å². The van der Waals surface area contributed by atoms with Crippen LogP contribution in [0.15, 0.2) is 176 Å². The first-order valence-electron chi connectivity index (χ1n) is 17.7. The Balaban J connectivity index is 1.16. The highest BCUT2D eigenvalue weighted by molar-refractivity contribution is 6.26. The molecule has 0 aliphatic rings. The van der Waals surface area contributed by atoms with Crippen molar-refractivity contribution in [3.05, 3.63) is 181 Å². The molecule has 0 amide bonds. The van der Waals surface area contributed by atoms with Crippen LogP contribution in [-0.2, 0) is 0 Å². The largest absolute Gasteiger partial charge is 0.309 e. The summed E-state index contributed by atoms with van der Waals surface area (Å²) in [5.41, 5.74) is 10.1. The van der Waals surface area contributed by atoms with E-state index in [2.05, 4.69) is 179 Å². The van der Waals surface area contributed by atoms with E-state index in [1.54, 1.807) is 0 Å². The summed E-state index contributed by atoms with van der Waals surface area (Å²) in [6.07, 6.45) is 0. The number of rotatable bonds is 3. The summed E-state index contributed by atoms with van der Waals surface area (Å²) in [5, 5.41) is 21.6. The van der Waals surface area contributed by atoms with Gasteiger partial charge in [-0.2, -0.15) is 5.26 Å². The maximum Gasteiger partial charge on any atom is 0.0991 e. The molecule has 2 aromatic heterocycles. The van der Waals surface area contributed by atoms with Gasteiger partial charge in [-0.05, 0) is 104 Å². The molecule has 9 aromatic carbocycles. The third kappa shape index (κ3) is 4.07. The van der Waals surface area contributed by atoms with E-state index >= 15 is 0 Å². The highest BCUT2D eigenvalue weighted by Gasteiger charge is 2.17. The second kappa shape index (κ2) is 10.9. The smallest absolute Gasteiger partial charge is 0.0991 e. The minimum Gasteiger partial charge on any atom is -0.309 e. The molecule has 0 aliphatic heterocycles. The van der Waals surface area contributed by atoms with E-state index in [-0.39, 0.29) is 0 Å². The van der Waals surface area contributed by atoms with E-state index in [1.165, 1.54) is 70.9 Å². The van der Waals surface area contributed by atoms with Crippen LogP contribution in [0.3, 0.4) is 0 Å². The Kier molecular flexibility index (Phi) is 6.02. The van der Waals surface area contributed by atoms with Crippen molar-refractivity contribution in [3.63, 3.8) is 0 Å². The lowest BCUT2D eigenvalue weighted by Gasteiger charge is -2.14. The van der Waals surface area contributed by atoms with Crippen molar-refractivity contribution in [1.82, 2.24) is 9.13 Å². The number of aromatic nitrogens is 2. The molecule has 0 fully saturated rings. The quantitative estimate of drug-likeness (QED) is 0.174. The molecule has 0 N–H and O–H groups in total. The number of benzene rings is 9. The molecule has 0 bridgehead atoms. The average molecular weight is 660 g/mol. The van der Waals surface area contributed by atoms with Crippen LogP contribution in [0.25, 0.3) is 98.4 Å². The van der Waals surface area contributed by atoms with E-state index in [0.29, 0.717) is 5.56 Å². The summed E-state index contributed by atoms with van der Waals surface area (Å²) >= 11 is 0. The van der Waals surface area contributed by atoms with E-state index < -0.39 is 0 Å². The van der Waals surface area contributed by atoms with Gasteiger partial charge in [0.1, 0.15) is 0 Å². The fourth-order valence-electron chi connectivity index (χ4n) is 8.59. The molecule has 0 spiro atoms. The van der Waals surface area contributed by atoms with Crippen LogP contribution >= 0.6 is 0 Å². The van der Waals surface area contributed by atoms with Gasteiger partial charge in [-0.15, -0.1) is 0 Å². The summed E-state index contributed by atoms with van der Waals surface area (Å²) in [4.78, 5) is 0. The summed E-state index contributed by atoms with van der Waals surface area (Å²) in [7, 11) is 0. The van der Waals surface area contributed by atoms with Crippen LogP contribution < -0.4 is 0 Å². The van der Waals surface area contributed by atoms with Crippen LogP contribution in [0, 0.1) is 11.3 Å². The van der Waals surface area contributed by atoms with Crippen LogP contribution in [0.5, 0.6) is 0 Å². The number of fused-ring (bicyclic) bond motifs is 12. The summed E-state index contributed by atoms with van der Waals surface area (Å²) in [5.74, 6) is 0.